The van der Waals surface area contributed by atoms with Crippen LogP contribution in [0.25, 0.3) is 0 Å². The lowest BCUT2D eigenvalue weighted by Gasteiger charge is -2.35. The minimum Gasteiger partial charge on any atom is -0.485 e. The number of nitrogens with one attached hydrogen (secondary N) is 4. The predicted molar refractivity (Wildman–Crippen MR) is 166 cm³/mol. The quantitative estimate of drug-likeness (QED) is 0.139. The molecule has 242 valence electrons. The van der Waals surface area contributed by atoms with Crippen molar-refractivity contribution in [1.82, 2.24) is 24.9 Å². The van der Waals surface area contributed by atoms with E-state index in [9.17, 15) is 27.6 Å². The number of hydrogen-bond acceptors (Lipinski definition) is 10. The van der Waals surface area contributed by atoms with Crippen molar-refractivity contribution in [3.05, 3.63) is 108 Å². The van der Waals surface area contributed by atoms with Crippen molar-refractivity contribution >= 4 is 45.7 Å². The number of carbonyl (C=O) groups is 4. The number of carboxylic acid groups (broad SMARTS) is 1. The molecule has 1 fully saturated rings. The molecule has 0 bridgehead atoms. The topological polar surface area (TPSA) is 218 Å². The highest BCUT2D eigenvalue weighted by Gasteiger charge is 2.42. The van der Waals surface area contributed by atoms with E-state index in [4.69, 9.17) is 14.6 Å². The normalized spacial score (nSPS) is 13.9. The summed E-state index contributed by atoms with van der Waals surface area (Å²) in [6, 6.07) is 20.6. The highest BCUT2D eigenvalue weighted by atomic mass is 32.2. The number of rotatable bonds is 12. The van der Waals surface area contributed by atoms with Crippen LogP contribution < -0.4 is 29.6 Å². The molecule has 0 spiro atoms. The summed E-state index contributed by atoms with van der Waals surface area (Å²) in [5.74, 6) is -1.10. The first kappa shape index (κ1) is 32.2. The first-order chi connectivity index (χ1) is 22.6. The largest absolute Gasteiger partial charge is 0.485 e. The molecule has 3 heterocycles. The Hall–Kier alpha value is -6.23. The van der Waals surface area contributed by atoms with Gasteiger partial charge in [-0.2, -0.15) is 8.42 Å². The van der Waals surface area contributed by atoms with Crippen molar-refractivity contribution in [2.75, 3.05) is 16.6 Å². The first-order valence-corrected chi connectivity index (χ1v) is 15.3. The summed E-state index contributed by atoms with van der Waals surface area (Å²) in [4.78, 5) is 56.4. The van der Waals surface area contributed by atoms with E-state index in [1.54, 1.807) is 4.72 Å². The second-order valence-corrected chi connectivity index (χ2v) is 11.3. The van der Waals surface area contributed by atoms with E-state index < -0.39 is 40.2 Å². The van der Waals surface area contributed by atoms with Gasteiger partial charge in [-0.05, 0) is 23.3 Å². The summed E-state index contributed by atoms with van der Waals surface area (Å²) in [6.07, 6.45) is 1.10. The minimum absolute atomic E-state index is 0.00829. The lowest BCUT2D eigenvalue weighted by atomic mass is 10.1. The summed E-state index contributed by atoms with van der Waals surface area (Å²) >= 11 is 0. The van der Waals surface area contributed by atoms with E-state index in [-0.39, 0.29) is 37.0 Å². The molecule has 1 atom stereocenters. The molecule has 5 N–H and O–H groups in total. The standard InChI is InChI=1S/C30H27N7O9S/c38-27(22-13-24(45-17-19-7-3-1-4-8-19)25(15-31-22)46-18-20-9-5-2-6-10-20)33-21-11-12-26(32-14-21)35-47(43,44)36-29(40)37-16-23(28(37)39)34-30(41)42/h1-15,23,34H,16-18H2,(H,32,35)(H,33,38)(H,36,40)(H,41,42)/t23-/m0/s1. The number of β-lactam (4-membered cyclic amide) rings is 1. The molecule has 0 saturated carbocycles. The molecule has 4 aromatic rings. The minimum atomic E-state index is -4.52. The average Bonchev–Trinajstić information content (AvgIpc) is 3.05. The van der Waals surface area contributed by atoms with Crippen molar-refractivity contribution in [3.8, 4) is 11.5 Å². The average molecular weight is 662 g/mol. The van der Waals surface area contributed by atoms with E-state index in [0.29, 0.717) is 16.4 Å². The van der Waals surface area contributed by atoms with Crippen LogP contribution in [-0.4, -0.2) is 64.9 Å². The zero-order valence-corrected chi connectivity index (χ0v) is 25.1. The van der Waals surface area contributed by atoms with Gasteiger partial charge >= 0.3 is 22.3 Å². The van der Waals surface area contributed by atoms with Crippen LogP contribution in [0.15, 0.2) is 91.3 Å². The Kier molecular flexibility index (Phi) is 9.75. The second-order valence-electron chi connectivity index (χ2n) is 9.91. The predicted octanol–water partition coefficient (Wildman–Crippen LogP) is 2.73. The van der Waals surface area contributed by atoms with Crippen LogP contribution in [0.4, 0.5) is 21.1 Å². The highest BCUT2D eigenvalue weighted by Crippen LogP contribution is 2.29. The van der Waals surface area contributed by atoms with E-state index in [2.05, 4.69) is 15.3 Å². The van der Waals surface area contributed by atoms with E-state index >= 15 is 0 Å². The van der Waals surface area contributed by atoms with E-state index in [1.807, 2.05) is 70.7 Å². The highest BCUT2D eigenvalue weighted by molar-refractivity contribution is 7.91. The molecule has 0 unspecified atom stereocenters. The molecule has 2 aromatic heterocycles. The number of carbonyl (C=O) groups excluding carboxylic acids is 3. The molecule has 1 aliphatic heterocycles. The Morgan fingerprint density at radius 1 is 0.872 bits per heavy atom. The number of ether oxygens (including phenoxy) is 2. The van der Waals surface area contributed by atoms with Crippen LogP contribution in [0.3, 0.4) is 0 Å². The number of nitrogens with zero attached hydrogens (tertiary/aromatic N) is 3. The van der Waals surface area contributed by atoms with Crippen LogP contribution in [0.2, 0.25) is 0 Å². The van der Waals surface area contributed by atoms with Crippen LogP contribution >= 0.6 is 0 Å². The van der Waals surface area contributed by atoms with Crippen molar-refractivity contribution in [1.29, 1.82) is 0 Å². The fraction of sp³-hybridized carbons (Fsp3) is 0.133. The van der Waals surface area contributed by atoms with Gasteiger partial charge < -0.3 is 25.2 Å². The number of likely N-dealkylation sites (tertiary alicyclic amines) is 1. The van der Waals surface area contributed by atoms with Gasteiger partial charge in [0.05, 0.1) is 24.6 Å². The summed E-state index contributed by atoms with van der Waals surface area (Å²) in [5, 5.41) is 13.2. The van der Waals surface area contributed by atoms with Gasteiger partial charge in [-0.15, -0.1) is 0 Å². The maximum Gasteiger partial charge on any atom is 0.405 e. The van der Waals surface area contributed by atoms with Crippen molar-refractivity contribution in [2.24, 2.45) is 0 Å². The summed E-state index contributed by atoms with van der Waals surface area (Å²) in [6.45, 7) is 0.131. The van der Waals surface area contributed by atoms with Crippen LogP contribution in [0.5, 0.6) is 11.5 Å². The number of pyridine rings is 2. The molecule has 0 radical (unpaired) electrons. The van der Waals surface area contributed by atoms with Crippen molar-refractivity contribution in [3.63, 3.8) is 0 Å². The smallest absolute Gasteiger partial charge is 0.405 e. The van der Waals surface area contributed by atoms with Gasteiger partial charge in [0.1, 0.15) is 30.8 Å². The monoisotopic (exact) mass is 661 g/mol. The van der Waals surface area contributed by atoms with Crippen LogP contribution in [0.1, 0.15) is 21.6 Å². The number of aromatic nitrogens is 2. The van der Waals surface area contributed by atoms with Gasteiger partial charge in [-0.25, -0.2) is 24.3 Å². The summed E-state index contributed by atoms with van der Waals surface area (Å²) in [7, 11) is -4.52. The molecule has 2 aromatic carbocycles. The fourth-order valence-corrected chi connectivity index (χ4v) is 4.95. The molecule has 47 heavy (non-hydrogen) atoms. The van der Waals surface area contributed by atoms with Gasteiger partial charge in [0, 0.05) is 6.07 Å². The summed E-state index contributed by atoms with van der Waals surface area (Å²) < 4.78 is 40.3. The molecule has 1 saturated heterocycles. The number of amides is 5. The van der Waals surface area contributed by atoms with Crippen molar-refractivity contribution < 1.29 is 42.2 Å². The lowest BCUT2D eigenvalue weighted by Crippen LogP contribution is -2.67. The zero-order chi connectivity index (χ0) is 33.4. The van der Waals surface area contributed by atoms with E-state index in [0.717, 1.165) is 11.1 Å². The molecular formula is C30H27N7O9S. The molecule has 17 heteroatoms. The van der Waals surface area contributed by atoms with E-state index in [1.165, 1.54) is 30.6 Å². The third kappa shape index (κ3) is 8.70. The van der Waals surface area contributed by atoms with Gasteiger partial charge in [-0.3, -0.25) is 19.2 Å². The maximum absolute atomic E-state index is 13.0. The lowest BCUT2D eigenvalue weighted by molar-refractivity contribution is -0.138. The number of hydrogen-bond donors (Lipinski definition) is 5. The van der Waals surface area contributed by atoms with Gasteiger partial charge in [0.15, 0.2) is 11.5 Å². The maximum atomic E-state index is 13.0. The Bertz CT molecular complexity index is 1880. The Labute approximate surface area is 267 Å². The molecule has 1 aliphatic rings. The Morgan fingerprint density at radius 2 is 1.51 bits per heavy atom. The first-order valence-electron chi connectivity index (χ1n) is 13.8. The van der Waals surface area contributed by atoms with Crippen LogP contribution in [0, 0.1) is 0 Å². The molecule has 16 nitrogen and oxygen atoms in total. The van der Waals surface area contributed by atoms with Crippen LogP contribution in [-0.2, 0) is 28.2 Å². The number of anilines is 2. The third-order valence-corrected chi connectivity index (χ3v) is 7.41. The van der Waals surface area contributed by atoms with Gasteiger partial charge in [-0.1, -0.05) is 60.7 Å². The fourth-order valence-electron chi connectivity index (χ4n) is 4.16. The zero-order valence-electron chi connectivity index (χ0n) is 24.3. The van der Waals surface area contributed by atoms with Gasteiger partial charge in [0.2, 0.25) is 0 Å². The molecule has 5 amide bonds. The number of urea groups is 1. The Balaban J connectivity index is 1.20. The number of imide groups is 1. The molecular weight excluding hydrogens is 634 g/mol. The molecule has 5 rings (SSSR count). The SMILES string of the molecule is O=C(O)N[C@H]1CN(C(=O)NS(=O)(=O)Nc2ccc(NC(=O)c3cc(OCc4ccccc4)c(OCc4ccccc4)cn3)cn2)C1=O. The number of benzene rings is 2. The Morgan fingerprint density at radius 3 is 2.09 bits per heavy atom. The van der Waals surface area contributed by atoms with Gasteiger partial charge in [0.25, 0.3) is 11.8 Å². The summed E-state index contributed by atoms with van der Waals surface area (Å²) in [5.41, 5.74) is 2.04. The third-order valence-electron chi connectivity index (χ3n) is 6.49. The van der Waals surface area contributed by atoms with Crippen molar-refractivity contribution in [2.45, 2.75) is 19.3 Å². The second kappa shape index (κ2) is 14.2. The molecule has 0 aliphatic carbocycles.